The van der Waals surface area contributed by atoms with Crippen LogP contribution in [0.25, 0.3) is 10.9 Å². The van der Waals surface area contributed by atoms with Gasteiger partial charge >= 0.3 is 6.18 Å². The fourth-order valence-corrected chi connectivity index (χ4v) is 2.95. The van der Waals surface area contributed by atoms with Crippen molar-refractivity contribution in [1.82, 2.24) is 10.3 Å². The summed E-state index contributed by atoms with van der Waals surface area (Å²) >= 11 is 0. The number of nitrogens with one attached hydrogen (secondary N) is 2. The summed E-state index contributed by atoms with van der Waals surface area (Å²) < 4.78 is 38.3. The summed E-state index contributed by atoms with van der Waals surface area (Å²) in [6.45, 7) is 2.00. The van der Waals surface area contributed by atoms with Crippen LogP contribution in [0.15, 0.2) is 24.3 Å². The molecule has 1 aromatic carbocycles. The number of aromatic amines is 1. The quantitative estimate of drug-likeness (QED) is 0.863. The number of fused-ring (bicyclic) bond motifs is 1. The summed E-state index contributed by atoms with van der Waals surface area (Å²) in [7, 11) is 0. The second-order valence-electron chi connectivity index (χ2n) is 5.46. The number of alkyl halides is 3. The van der Waals surface area contributed by atoms with Gasteiger partial charge in [0.05, 0.1) is 0 Å². The second-order valence-corrected chi connectivity index (χ2v) is 5.46. The third kappa shape index (κ3) is 2.68. The first-order chi connectivity index (χ1) is 9.54. The highest BCUT2D eigenvalue weighted by Gasteiger charge is 2.32. The summed E-state index contributed by atoms with van der Waals surface area (Å²) in [6, 6.07) is 6.72. The maximum Gasteiger partial charge on any atom is 0.431 e. The average molecular weight is 282 g/mol. The lowest BCUT2D eigenvalue weighted by atomic mass is 9.90. The van der Waals surface area contributed by atoms with Crippen LogP contribution in [0.5, 0.6) is 0 Å². The predicted octanol–water partition coefficient (Wildman–Crippen LogP) is 3.73. The van der Waals surface area contributed by atoms with Gasteiger partial charge in [0.15, 0.2) is 0 Å². The molecule has 1 aromatic heterocycles. The normalized spacial score (nSPS) is 17.8. The number of hydrogen-bond acceptors (Lipinski definition) is 1. The zero-order valence-electron chi connectivity index (χ0n) is 11.1. The number of H-pyrrole nitrogens is 1. The predicted molar refractivity (Wildman–Crippen MR) is 72.6 cm³/mol. The van der Waals surface area contributed by atoms with Gasteiger partial charge in [-0.15, -0.1) is 0 Å². The lowest BCUT2D eigenvalue weighted by molar-refractivity contribution is -0.140. The van der Waals surface area contributed by atoms with Crippen molar-refractivity contribution < 1.29 is 13.2 Å². The van der Waals surface area contributed by atoms with Crippen LogP contribution in [0.4, 0.5) is 13.2 Å². The zero-order valence-corrected chi connectivity index (χ0v) is 11.1. The van der Waals surface area contributed by atoms with E-state index in [9.17, 15) is 13.2 Å². The molecule has 108 valence electrons. The molecule has 0 saturated carbocycles. The molecule has 0 aliphatic carbocycles. The van der Waals surface area contributed by atoms with Crippen molar-refractivity contribution in [2.24, 2.45) is 5.92 Å². The van der Waals surface area contributed by atoms with E-state index in [0.717, 1.165) is 37.9 Å². The molecule has 3 rings (SSSR count). The van der Waals surface area contributed by atoms with Crippen LogP contribution in [0.3, 0.4) is 0 Å². The van der Waals surface area contributed by atoms with Crippen molar-refractivity contribution in [3.63, 3.8) is 0 Å². The van der Waals surface area contributed by atoms with Gasteiger partial charge in [-0.2, -0.15) is 13.2 Å². The first kappa shape index (κ1) is 13.5. The Morgan fingerprint density at radius 2 is 1.90 bits per heavy atom. The smallest absolute Gasteiger partial charge is 0.351 e. The first-order valence-electron chi connectivity index (χ1n) is 6.92. The Morgan fingerprint density at radius 1 is 1.15 bits per heavy atom. The summed E-state index contributed by atoms with van der Waals surface area (Å²) in [6.07, 6.45) is -1.28. The van der Waals surface area contributed by atoms with Crippen molar-refractivity contribution in [2.75, 3.05) is 13.1 Å². The third-order valence-corrected chi connectivity index (χ3v) is 4.03. The van der Waals surface area contributed by atoms with Gasteiger partial charge in [0.1, 0.15) is 5.69 Å². The highest BCUT2D eigenvalue weighted by Crippen LogP contribution is 2.33. The largest absolute Gasteiger partial charge is 0.431 e. The molecule has 1 aliphatic rings. The van der Waals surface area contributed by atoms with Crippen molar-refractivity contribution in [3.8, 4) is 0 Å². The molecular formula is C15H17F3N2. The molecule has 0 bridgehead atoms. The van der Waals surface area contributed by atoms with E-state index in [-0.39, 0.29) is 0 Å². The Balaban J connectivity index is 1.92. The molecule has 2 N–H and O–H groups in total. The van der Waals surface area contributed by atoms with Gasteiger partial charge in [0.25, 0.3) is 0 Å². The summed E-state index contributed by atoms with van der Waals surface area (Å²) in [5.41, 5.74) is 0.926. The fourth-order valence-electron chi connectivity index (χ4n) is 2.95. The molecule has 5 heteroatoms. The monoisotopic (exact) mass is 282 g/mol. The summed E-state index contributed by atoms with van der Waals surface area (Å²) in [4.78, 5) is 2.48. The topological polar surface area (TPSA) is 27.8 Å². The van der Waals surface area contributed by atoms with E-state index in [2.05, 4.69) is 10.3 Å². The van der Waals surface area contributed by atoms with E-state index in [0.29, 0.717) is 16.8 Å². The van der Waals surface area contributed by atoms with E-state index in [1.54, 1.807) is 6.07 Å². The Morgan fingerprint density at radius 3 is 2.60 bits per heavy atom. The lowest BCUT2D eigenvalue weighted by Crippen LogP contribution is -2.28. The van der Waals surface area contributed by atoms with Crippen molar-refractivity contribution in [3.05, 3.63) is 35.5 Å². The number of rotatable bonds is 2. The molecule has 2 nitrogen and oxygen atoms in total. The molecule has 1 fully saturated rings. The minimum Gasteiger partial charge on any atom is -0.351 e. The maximum atomic E-state index is 12.8. The van der Waals surface area contributed by atoms with Gasteiger partial charge in [-0.05, 0) is 56.0 Å². The van der Waals surface area contributed by atoms with Crippen LogP contribution in [0.1, 0.15) is 24.1 Å². The van der Waals surface area contributed by atoms with Crippen LogP contribution < -0.4 is 5.32 Å². The molecule has 0 amide bonds. The second kappa shape index (κ2) is 5.13. The molecule has 1 saturated heterocycles. The molecule has 20 heavy (non-hydrogen) atoms. The van der Waals surface area contributed by atoms with Crippen LogP contribution in [-0.2, 0) is 12.6 Å². The van der Waals surface area contributed by atoms with Gasteiger partial charge in [-0.1, -0.05) is 12.1 Å². The number of aromatic nitrogens is 1. The van der Waals surface area contributed by atoms with Crippen LogP contribution in [0.2, 0.25) is 0 Å². The zero-order chi connectivity index (χ0) is 14.2. The molecule has 1 aliphatic heterocycles. The maximum absolute atomic E-state index is 12.8. The Labute approximate surface area is 115 Å². The SMILES string of the molecule is FC(F)(F)c1cc2c(CC3CCNCC3)cccc2[nH]1. The number of piperidine rings is 1. The number of hydrogen-bond donors (Lipinski definition) is 2. The van der Waals surface area contributed by atoms with E-state index >= 15 is 0 Å². The van der Waals surface area contributed by atoms with Crippen LogP contribution >= 0.6 is 0 Å². The molecule has 0 unspecified atom stereocenters. The van der Waals surface area contributed by atoms with Crippen molar-refractivity contribution >= 4 is 10.9 Å². The number of benzene rings is 1. The number of halogens is 3. The lowest BCUT2D eigenvalue weighted by Gasteiger charge is -2.22. The highest BCUT2D eigenvalue weighted by molar-refractivity contribution is 5.84. The van der Waals surface area contributed by atoms with Gasteiger partial charge < -0.3 is 10.3 Å². The van der Waals surface area contributed by atoms with Crippen molar-refractivity contribution in [1.29, 1.82) is 0 Å². The molecule has 0 radical (unpaired) electrons. The molecule has 0 spiro atoms. The van der Waals surface area contributed by atoms with Crippen LogP contribution in [0, 0.1) is 5.92 Å². The van der Waals surface area contributed by atoms with Gasteiger partial charge in [-0.3, -0.25) is 0 Å². The Kier molecular flexibility index (Phi) is 3.46. The van der Waals surface area contributed by atoms with Crippen LogP contribution in [-0.4, -0.2) is 18.1 Å². The van der Waals surface area contributed by atoms with E-state index in [1.807, 2.05) is 12.1 Å². The summed E-state index contributed by atoms with van der Waals surface area (Å²) in [5.74, 6) is 0.561. The minimum absolute atomic E-state index is 0.561. The molecule has 2 aromatic rings. The van der Waals surface area contributed by atoms with E-state index < -0.39 is 11.9 Å². The standard InChI is InChI=1S/C15H17F3N2/c16-15(17,18)14-9-12-11(2-1-3-13(12)20-14)8-10-4-6-19-7-5-10/h1-3,9-10,19-20H,4-8H2. The van der Waals surface area contributed by atoms with Crippen molar-refractivity contribution in [2.45, 2.75) is 25.4 Å². The highest BCUT2D eigenvalue weighted by atomic mass is 19.4. The minimum atomic E-state index is -4.31. The van der Waals surface area contributed by atoms with Gasteiger partial charge in [-0.25, -0.2) is 0 Å². The summed E-state index contributed by atoms with van der Waals surface area (Å²) in [5, 5.41) is 4.01. The van der Waals surface area contributed by atoms with E-state index in [1.165, 1.54) is 6.07 Å². The molecular weight excluding hydrogens is 265 g/mol. The first-order valence-corrected chi connectivity index (χ1v) is 6.92. The van der Waals surface area contributed by atoms with E-state index in [4.69, 9.17) is 0 Å². The average Bonchev–Trinajstić information content (AvgIpc) is 2.85. The fraction of sp³-hybridized carbons (Fsp3) is 0.467. The van der Waals surface area contributed by atoms with Gasteiger partial charge in [0, 0.05) is 10.9 Å². The molecule has 0 atom stereocenters. The third-order valence-electron chi connectivity index (χ3n) is 4.03. The van der Waals surface area contributed by atoms with Gasteiger partial charge in [0.2, 0.25) is 0 Å². The molecule has 2 heterocycles. The Bertz CT molecular complexity index is 595. The Hall–Kier alpha value is -1.49.